The number of rotatable bonds is 6. The van der Waals surface area contributed by atoms with Crippen LogP contribution >= 0.6 is 11.3 Å². The molecule has 0 bridgehead atoms. The lowest BCUT2D eigenvalue weighted by molar-refractivity contribution is 0.647. The van der Waals surface area contributed by atoms with E-state index in [1.54, 1.807) is 11.3 Å². The van der Waals surface area contributed by atoms with E-state index in [1.807, 2.05) is 0 Å². The van der Waals surface area contributed by atoms with Crippen LogP contribution in [0.15, 0.2) is 29.6 Å². The molecule has 0 unspecified atom stereocenters. The van der Waals surface area contributed by atoms with E-state index >= 15 is 0 Å². The molecule has 0 saturated carbocycles. The van der Waals surface area contributed by atoms with Crippen molar-refractivity contribution in [3.63, 3.8) is 0 Å². The minimum absolute atomic E-state index is 0.702. The number of benzene rings is 1. The van der Waals surface area contributed by atoms with Crippen molar-refractivity contribution in [3.8, 4) is 11.3 Å². The van der Waals surface area contributed by atoms with Gasteiger partial charge >= 0.3 is 0 Å². The summed E-state index contributed by atoms with van der Waals surface area (Å²) in [6.07, 6.45) is 3.14. The average Bonchev–Trinajstić information content (AvgIpc) is 2.85. The standard InChI is InChI=1S/C16H22N2S/c1-12(2)10-13-5-7-14(8-6-13)15-11-19-16(18-15)4-3-9-17/h5-8,11-12H,3-4,9-10,17H2,1-2H3. The molecular weight excluding hydrogens is 252 g/mol. The van der Waals surface area contributed by atoms with Crippen LogP contribution < -0.4 is 5.73 Å². The second-order valence-corrected chi connectivity index (χ2v) is 6.26. The van der Waals surface area contributed by atoms with Crippen LogP contribution in [0.1, 0.15) is 30.8 Å². The Morgan fingerprint density at radius 2 is 1.95 bits per heavy atom. The van der Waals surface area contributed by atoms with Crippen molar-refractivity contribution in [2.75, 3.05) is 6.54 Å². The van der Waals surface area contributed by atoms with Crippen LogP contribution in [0, 0.1) is 5.92 Å². The highest BCUT2D eigenvalue weighted by Crippen LogP contribution is 2.23. The van der Waals surface area contributed by atoms with Gasteiger partial charge in [-0.15, -0.1) is 11.3 Å². The van der Waals surface area contributed by atoms with Crippen LogP contribution in [0.4, 0.5) is 0 Å². The Morgan fingerprint density at radius 3 is 2.58 bits per heavy atom. The Hall–Kier alpha value is -1.19. The Kier molecular flexibility index (Phi) is 5.11. The van der Waals surface area contributed by atoms with Crippen molar-refractivity contribution in [1.82, 2.24) is 4.98 Å². The first kappa shape index (κ1) is 14.2. The van der Waals surface area contributed by atoms with Crippen LogP contribution in [0.2, 0.25) is 0 Å². The summed E-state index contributed by atoms with van der Waals surface area (Å²) in [5, 5.41) is 3.33. The largest absolute Gasteiger partial charge is 0.330 e. The number of aryl methyl sites for hydroxylation is 1. The lowest BCUT2D eigenvalue weighted by atomic mass is 10.0. The smallest absolute Gasteiger partial charge is 0.0933 e. The molecule has 0 aliphatic carbocycles. The van der Waals surface area contributed by atoms with Gasteiger partial charge in [-0.3, -0.25) is 0 Å². The molecule has 1 aromatic heterocycles. The van der Waals surface area contributed by atoms with Crippen molar-refractivity contribution in [3.05, 3.63) is 40.2 Å². The summed E-state index contributed by atoms with van der Waals surface area (Å²) >= 11 is 1.73. The van der Waals surface area contributed by atoms with Crippen molar-refractivity contribution in [2.45, 2.75) is 33.1 Å². The molecule has 102 valence electrons. The lowest BCUT2D eigenvalue weighted by Crippen LogP contribution is -1.99. The molecule has 0 atom stereocenters. The lowest BCUT2D eigenvalue weighted by Gasteiger charge is -2.05. The van der Waals surface area contributed by atoms with E-state index in [-0.39, 0.29) is 0 Å². The molecule has 0 aliphatic rings. The van der Waals surface area contributed by atoms with Crippen LogP contribution in [0.5, 0.6) is 0 Å². The maximum Gasteiger partial charge on any atom is 0.0933 e. The summed E-state index contributed by atoms with van der Waals surface area (Å²) in [6, 6.07) is 8.79. The van der Waals surface area contributed by atoms with E-state index in [0.29, 0.717) is 5.92 Å². The molecule has 0 amide bonds. The van der Waals surface area contributed by atoms with Crippen LogP contribution in [-0.2, 0) is 12.8 Å². The first-order valence-electron chi connectivity index (χ1n) is 6.93. The fraction of sp³-hybridized carbons (Fsp3) is 0.438. The predicted octanol–water partition coefficient (Wildman–Crippen LogP) is 3.90. The Labute approximate surface area is 119 Å². The van der Waals surface area contributed by atoms with Gasteiger partial charge in [0.25, 0.3) is 0 Å². The monoisotopic (exact) mass is 274 g/mol. The van der Waals surface area contributed by atoms with Gasteiger partial charge in [-0.2, -0.15) is 0 Å². The summed E-state index contributed by atoms with van der Waals surface area (Å²) in [5.74, 6) is 0.702. The summed E-state index contributed by atoms with van der Waals surface area (Å²) < 4.78 is 0. The van der Waals surface area contributed by atoms with Crippen molar-refractivity contribution < 1.29 is 0 Å². The number of hydrogen-bond acceptors (Lipinski definition) is 3. The summed E-state index contributed by atoms with van der Waals surface area (Å²) in [6.45, 7) is 5.23. The van der Waals surface area contributed by atoms with Crippen LogP contribution in [0.25, 0.3) is 11.3 Å². The second kappa shape index (κ2) is 6.83. The van der Waals surface area contributed by atoms with Crippen molar-refractivity contribution in [1.29, 1.82) is 0 Å². The maximum atomic E-state index is 5.53. The summed E-state index contributed by atoms with van der Waals surface area (Å²) in [5.41, 5.74) is 9.23. The van der Waals surface area contributed by atoms with E-state index in [4.69, 9.17) is 5.73 Å². The van der Waals surface area contributed by atoms with Gasteiger partial charge in [0.2, 0.25) is 0 Å². The molecule has 2 nitrogen and oxygen atoms in total. The van der Waals surface area contributed by atoms with Gasteiger partial charge in [-0.1, -0.05) is 38.1 Å². The van der Waals surface area contributed by atoms with E-state index in [1.165, 1.54) is 16.1 Å². The third-order valence-electron chi connectivity index (χ3n) is 3.04. The molecule has 0 saturated heterocycles. The van der Waals surface area contributed by atoms with Gasteiger partial charge in [0.15, 0.2) is 0 Å². The number of hydrogen-bond donors (Lipinski definition) is 1. The molecule has 1 heterocycles. The molecule has 2 N–H and O–H groups in total. The zero-order valence-electron chi connectivity index (χ0n) is 11.7. The Morgan fingerprint density at radius 1 is 1.21 bits per heavy atom. The SMILES string of the molecule is CC(C)Cc1ccc(-c2csc(CCCN)n2)cc1. The molecule has 0 spiro atoms. The first-order valence-corrected chi connectivity index (χ1v) is 7.81. The highest BCUT2D eigenvalue weighted by molar-refractivity contribution is 7.09. The van der Waals surface area contributed by atoms with Crippen molar-refractivity contribution in [2.24, 2.45) is 11.7 Å². The maximum absolute atomic E-state index is 5.53. The zero-order valence-corrected chi connectivity index (χ0v) is 12.5. The van der Waals surface area contributed by atoms with Gasteiger partial charge in [-0.25, -0.2) is 4.98 Å². The van der Waals surface area contributed by atoms with Crippen LogP contribution in [-0.4, -0.2) is 11.5 Å². The fourth-order valence-electron chi connectivity index (χ4n) is 2.09. The summed E-state index contributed by atoms with van der Waals surface area (Å²) in [7, 11) is 0. The van der Waals surface area contributed by atoms with E-state index in [2.05, 4.69) is 48.5 Å². The molecule has 0 aliphatic heterocycles. The first-order chi connectivity index (χ1) is 9.19. The minimum atomic E-state index is 0.702. The van der Waals surface area contributed by atoms with Gasteiger partial charge in [-0.05, 0) is 30.9 Å². The second-order valence-electron chi connectivity index (χ2n) is 5.31. The molecule has 2 aromatic rings. The summed E-state index contributed by atoms with van der Waals surface area (Å²) in [4.78, 5) is 4.67. The van der Waals surface area contributed by atoms with Gasteiger partial charge in [0, 0.05) is 17.4 Å². The number of nitrogens with zero attached hydrogens (tertiary/aromatic N) is 1. The molecular formula is C16H22N2S. The Balaban J connectivity index is 2.07. The van der Waals surface area contributed by atoms with Gasteiger partial charge in [0.1, 0.15) is 0 Å². The average molecular weight is 274 g/mol. The minimum Gasteiger partial charge on any atom is -0.330 e. The van der Waals surface area contributed by atoms with Gasteiger partial charge in [0.05, 0.1) is 10.7 Å². The number of thiazole rings is 1. The predicted molar refractivity (Wildman–Crippen MR) is 83.5 cm³/mol. The van der Waals surface area contributed by atoms with E-state index < -0.39 is 0 Å². The number of aromatic nitrogens is 1. The van der Waals surface area contributed by atoms with Crippen molar-refractivity contribution >= 4 is 11.3 Å². The van der Waals surface area contributed by atoms with E-state index in [9.17, 15) is 0 Å². The van der Waals surface area contributed by atoms with Gasteiger partial charge < -0.3 is 5.73 Å². The molecule has 2 rings (SSSR count). The zero-order chi connectivity index (χ0) is 13.7. The molecule has 0 radical (unpaired) electrons. The highest BCUT2D eigenvalue weighted by Gasteiger charge is 2.05. The highest BCUT2D eigenvalue weighted by atomic mass is 32.1. The molecule has 19 heavy (non-hydrogen) atoms. The Bertz CT molecular complexity index is 500. The third kappa shape index (κ3) is 4.15. The fourth-order valence-corrected chi connectivity index (χ4v) is 2.94. The topological polar surface area (TPSA) is 38.9 Å². The molecule has 3 heteroatoms. The van der Waals surface area contributed by atoms with Crippen LogP contribution in [0.3, 0.4) is 0 Å². The number of nitrogens with two attached hydrogens (primary N) is 1. The normalized spacial score (nSPS) is 11.2. The quantitative estimate of drug-likeness (QED) is 0.867. The third-order valence-corrected chi connectivity index (χ3v) is 3.95. The van der Waals surface area contributed by atoms with E-state index in [0.717, 1.165) is 31.5 Å². The molecule has 1 aromatic carbocycles. The molecule has 0 fully saturated rings.